The highest BCUT2D eigenvalue weighted by atomic mass is 127. The van der Waals surface area contributed by atoms with Crippen LogP contribution in [0.2, 0.25) is 0 Å². The van der Waals surface area contributed by atoms with Crippen LogP contribution >= 0.6 is 28.4 Å². The number of aromatic nitrogens is 5. The molecule has 2 N–H and O–H groups in total. The van der Waals surface area contributed by atoms with Gasteiger partial charge < -0.3 is 20.1 Å². The first-order valence-corrected chi connectivity index (χ1v) is 18.4. The van der Waals surface area contributed by atoms with Crippen molar-refractivity contribution in [2.75, 3.05) is 34.8 Å². The van der Waals surface area contributed by atoms with Gasteiger partial charge in [0, 0.05) is 37.8 Å². The number of nitrogens with zero attached hydrogens (tertiary/aromatic N) is 7. The Morgan fingerprint density at radius 2 is 1.98 bits per heavy atom. The van der Waals surface area contributed by atoms with Crippen molar-refractivity contribution < 1.29 is 14.6 Å². The molecule has 3 aromatic heterocycles. The second-order valence-electron chi connectivity index (χ2n) is 11.3. The van der Waals surface area contributed by atoms with Crippen LogP contribution in [0.5, 0.6) is 0 Å². The van der Waals surface area contributed by atoms with Crippen LogP contribution in [0.25, 0.3) is 11.0 Å². The van der Waals surface area contributed by atoms with Crippen molar-refractivity contribution in [3.8, 4) is 0 Å². The van der Waals surface area contributed by atoms with Crippen molar-refractivity contribution in [1.82, 2.24) is 24.1 Å². The number of pyridine rings is 1. The van der Waals surface area contributed by atoms with Gasteiger partial charge in [-0.2, -0.15) is 10.1 Å². The molecule has 0 spiro atoms. The van der Waals surface area contributed by atoms with Gasteiger partial charge in [0.25, 0.3) is 5.56 Å². The lowest BCUT2D eigenvalue weighted by Gasteiger charge is -2.39. The number of amides is 1. The van der Waals surface area contributed by atoms with E-state index in [1.54, 1.807) is 21.9 Å². The molecule has 1 unspecified atom stereocenters. The maximum atomic E-state index is 14.3. The summed E-state index contributed by atoms with van der Waals surface area (Å²) in [5.74, 6) is 0.359. The fourth-order valence-corrected chi connectivity index (χ4v) is 6.16. The third kappa shape index (κ3) is 7.05. The van der Waals surface area contributed by atoms with Gasteiger partial charge in [-0.3, -0.25) is 14.3 Å². The molecule has 4 heterocycles. The molecule has 1 aliphatic rings. The maximum absolute atomic E-state index is 14.3. The zero-order valence-electron chi connectivity index (χ0n) is 25.1. The van der Waals surface area contributed by atoms with Gasteiger partial charge in [-0.25, -0.2) is 14.2 Å². The van der Waals surface area contributed by atoms with Crippen LogP contribution in [0.1, 0.15) is 39.2 Å². The molecule has 232 valence electrons. The van der Waals surface area contributed by atoms with E-state index in [1.165, 1.54) is 0 Å². The molecule has 5 rings (SSSR count). The number of ether oxygens (including phenoxy) is 1. The van der Waals surface area contributed by atoms with Gasteiger partial charge in [-0.15, -0.1) is 0 Å². The highest BCUT2D eigenvalue weighted by molar-refractivity contribution is 14.2. The number of anilines is 5. The van der Waals surface area contributed by atoms with Gasteiger partial charge in [-0.1, -0.05) is 24.3 Å². The molecule has 1 aliphatic heterocycles. The number of aryl methyl sites for hydroxylation is 2. The van der Waals surface area contributed by atoms with E-state index in [0.29, 0.717) is 61.5 Å². The number of hydrogen-bond acceptors (Lipinski definition) is 9. The molecule has 14 heteroatoms. The summed E-state index contributed by atoms with van der Waals surface area (Å²) in [5, 5.41) is 17.3. The van der Waals surface area contributed by atoms with Crippen LogP contribution in [-0.4, -0.2) is 60.6 Å². The quantitative estimate of drug-likeness (QED) is 0.120. The van der Waals surface area contributed by atoms with Gasteiger partial charge in [-0.05, 0) is 80.3 Å². The lowest BCUT2D eigenvalue weighted by Crippen LogP contribution is -2.46. The first-order valence-electron chi connectivity index (χ1n) is 14.3. The highest BCUT2D eigenvalue weighted by Gasteiger charge is 2.33. The molecule has 1 aromatic carbocycles. The Morgan fingerprint density at radius 1 is 1.18 bits per heavy atom. The van der Waals surface area contributed by atoms with E-state index < -0.39 is 11.7 Å². The number of allylic oxidation sites excluding steroid dienone is 1. The first kappa shape index (κ1) is 31.9. The molecule has 0 saturated heterocycles. The van der Waals surface area contributed by atoms with Crippen molar-refractivity contribution in [2.45, 2.75) is 52.7 Å². The minimum Gasteiger partial charge on any atom is -0.443 e. The van der Waals surface area contributed by atoms with E-state index in [4.69, 9.17) is 14.8 Å². The number of para-hydroxylation sites is 1. The number of benzene rings is 1. The van der Waals surface area contributed by atoms with Crippen LogP contribution < -0.4 is 20.7 Å². The molecular weight excluding hydrogens is 694 g/mol. The number of aliphatic hydroxyl groups excluding tert-OH is 1. The molecular formula is C30H36IN8O4P. The third-order valence-electron chi connectivity index (χ3n) is 6.94. The summed E-state index contributed by atoms with van der Waals surface area (Å²) in [5.41, 5.74) is 3.26. The smallest absolute Gasteiger partial charge is 0.414 e. The number of halogens is 1. The van der Waals surface area contributed by atoms with Gasteiger partial charge in [0.15, 0.2) is 0 Å². The van der Waals surface area contributed by atoms with Gasteiger partial charge in [0.2, 0.25) is 5.95 Å². The zero-order valence-corrected chi connectivity index (χ0v) is 28.3. The van der Waals surface area contributed by atoms with E-state index in [1.807, 2.05) is 79.7 Å². The summed E-state index contributed by atoms with van der Waals surface area (Å²) < 4.78 is 9.20. The van der Waals surface area contributed by atoms with E-state index in [9.17, 15) is 9.59 Å². The summed E-state index contributed by atoms with van der Waals surface area (Å²) in [6.07, 6.45) is 10.3. The molecule has 4 aromatic rings. The predicted octanol–water partition coefficient (Wildman–Crippen LogP) is 6.05. The second-order valence-corrected chi connectivity index (χ2v) is 13.4. The van der Waals surface area contributed by atoms with Crippen LogP contribution in [-0.2, 0) is 11.3 Å². The normalized spacial score (nSPS) is 13.8. The fraction of sp³-hybridized carbons (Fsp3) is 0.367. The molecule has 0 saturated carbocycles. The molecule has 0 radical (unpaired) electrons. The second kappa shape index (κ2) is 13.6. The minimum atomic E-state index is -0.640. The Kier molecular flexibility index (Phi) is 9.86. The van der Waals surface area contributed by atoms with E-state index in [2.05, 4.69) is 37.4 Å². The van der Waals surface area contributed by atoms with Crippen LogP contribution in [0.15, 0.2) is 59.8 Å². The largest absolute Gasteiger partial charge is 0.443 e. The van der Waals surface area contributed by atoms with E-state index >= 15 is 0 Å². The third-order valence-corrected chi connectivity index (χ3v) is 8.84. The first-order chi connectivity index (χ1) is 21.1. The number of carbonyl (C=O) groups is 1. The van der Waals surface area contributed by atoms with Crippen LogP contribution in [0, 0.1) is 6.92 Å². The van der Waals surface area contributed by atoms with Gasteiger partial charge in [0.1, 0.15) is 16.9 Å². The van der Waals surface area contributed by atoms with Crippen molar-refractivity contribution in [2.24, 2.45) is 0 Å². The van der Waals surface area contributed by atoms with Crippen molar-refractivity contribution in [3.63, 3.8) is 0 Å². The number of hydrogen-bond donors (Lipinski definition) is 2. The minimum absolute atomic E-state index is 0.0693. The molecule has 44 heavy (non-hydrogen) atoms. The Labute approximate surface area is 270 Å². The zero-order chi connectivity index (χ0) is 31.4. The Balaban J connectivity index is 1.57. The van der Waals surface area contributed by atoms with Crippen molar-refractivity contribution in [3.05, 3.63) is 70.9 Å². The standard InChI is InChI=1S/C30H36IN8O4P/c1-20-10-9-11-23-25(20)37(29(42)43-30(2,3)4)14-13-36(23)24-16-21-17-32-28(34-22-18-33-39(19-22)44-31)35-26(21)38(27(24)41)12-7-5-6-8-15-40/h5-6,9-11,16-19,40,44H,7-8,12-15H2,1-4H3,(H,32,34,35)/b6-5-. The summed E-state index contributed by atoms with van der Waals surface area (Å²) in [7, 11) is 0. The summed E-state index contributed by atoms with van der Waals surface area (Å²) in [4.78, 5) is 40.4. The summed E-state index contributed by atoms with van der Waals surface area (Å²) >= 11 is 2.25. The van der Waals surface area contributed by atoms with Crippen LogP contribution in [0.3, 0.4) is 0 Å². The Bertz CT molecular complexity index is 1750. The number of carbonyl (C=O) groups excluding carboxylic acids is 1. The van der Waals surface area contributed by atoms with Gasteiger partial charge in [0.05, 0.1) is 35.8 Å². The lowest BCUT2D eigenvalue weighted by atomic mass is 10.1. The van der Waals surface area contributed by atoms with E-state index in [0.717, 1.165) is 22.6 Å². The molecule has 0 fully saturated rings. The molecule has 1 amide bonds. The fourth-order valence-electron chi connectivity index (χ4n) is 5.08. The number of aliphatic hydroxyl groups is 1. The predicted molar refractivity (Wildman–Crippen MR) is 184 cm³/mol. The highest BCUT2D eigenvalue weighted by Crippen LogP contribution is 2.40. The maximum Gasteiger partial charge on any atom is 0.414 e. The number of fused-ring (bicyclic) bond motifs is 2. The topological polar surface area (TPSA) is 131 Å². The lowest BCUT2D eigenvalue weighted by molar-refractivity contribution is 0.0580. The monoisotopic (exact) mass is 730 g/mol. The Morgan fingerprint density at radius 3 is 2.70 bits per heavy atom. The molecule has 0 bridgehead atoms. The summed E-state index contributed by atoms with van der Waals surface area (Å²) in [6.45, 7) is 8.68. The number of nitrogens with one attached hydrogen (secondary N) is 1. The number of rotatable bonds is 9. The Hall–Kier alpha value is -3.55. The van der Waals surface area contributed by atoms with E-state index in [-0.39, 0.29) is 12.2 Å². The average molecular weight is 731 g/mol. The SMILES string of the molecule is Cc1cccc2c1N(C(=O)OC(C)(C)C)CCN2c1cc2cnc(Nc3cnn(PI)c3)nc2n(CC/C=C\CCO)c1=O. The van der Waals surface area contributed by atoms with Crippen molar-refractivity contribution in [1.29, 1.82) is 0 Å². The summed E-state index contributed by atoms with van der Waals surface area (Å²) in [6, 6.07) is 7.62. The van der Waals surface area contributed by atoms with Crippen molar-refractivity contribution >= 4 is 74.2 Å². The average Bonchev–Trinajstić information content (AvgIpc) is 3.44. The molecule has 12 nitrogen and oxygen atoms in total. The molecule has 0 aliphatic carbocycles. The van der Waals surface area contributed by atoms with Gasteiger partial charge >= 0.3 is 6.09 Å². The molecule has 1 atom stereocenters. The van der Waals surface area contributed by atoms with Crippen LogP contribution in [0.4, 0.5) is 33.5 Å².